The van der Waals surface area contributed by atoms with Crippen molar-refractivity contribution in [2.24, 2.45) is 5.41 Å². The standard InChI is InChI=1S/C11H19N/c1-6-7-10(2)12-9-8-11(3,4)5/h6-9,12H,2H2,1,3-5H3/b7-6-,9-8+. The van der Waals surface area contributed by atoms with Crippen molar-refractivity contribution in [2.75, 3.05) is 0 Å². The molecule has 1 nitrogen and oxygen atoms in total. The average molecular weight is 165 g/mol. The van der Waals surface area contributed by atoms with Crippen LogP contribution < -0.4 is 5.32 Å². The molecule has 68 valence electrons. The van der Waals surface area contributed by atoms with Gasteiger partial charge in [-0.25, -0.2) is 0 Å². The highest BCUT2D eigenvalue weighted by molar-refractivity contribution is 5.14. The van der Waals surface area contributed by atoms with Gasteiger partial charge in [0.1, 0.15) is 0 Å². The lowest BCUT2D eigenvalue weighted by molar-refractivity contribution is 0.541. The number of nitrogens with one attached hydrogen (secondary N) is 1. The van der Waals surface area contributed by atoms with E-state index in [1.54, 1.807) is 0 Å². The molecule has 0 heterocycles. The van der Waals surface area contributed by atoms with Crippen LogP contribution in [0.5, 0.6) is 0 Å². The maximum atomic E-state index is 3.81. The van der Waals surface area contributed by atoms with Crippen molar-refractivity contribution in [3.05, 3.63) is 36.7 Å². The van der Waals surface area contributed by atoms with Crippen LogP contribution in [-0.4, -0.2) is 0 Å². The molecule has 1 N–H and O–H groups in total. The van der Waals surface area contributed by atoms with Crippen LogP contribution in [0.25, 0.3) is 0 Å². The van der Waals surface area contributed by atoms with Gasteiger partial charge in [-0.15, -0.1) is 0 Å². The van der Waals surface area contributed by atoms with Crippen LogP contribution in [0.2, 0.25) is 0 Å². The van der Waals surface area contributed by atoms with Gasteiger partial charge in [0.25, 0.3) is 0 Å². The fraction of sp³-hybridized carbons (Fsp3) is 0.455. The van der Waals surface area contributed by atoms with Crippen molar-refractivity contribution in [3.63, 3.8) is 0 Å². The summed E-state index contributed by atoms with van der Waals surface area (Å²) in [6.45, 7) is 12.3. The van der Waals surface area contributed by atoms with Gasteiger partial charge in [-0.05, 0) is 24.6 Å². The van der Waals surface area contributed by atoms with Gasteiger partial charge in [-0.2, -0.15) is 0 Å². The van der Waals surface area contributed by atoms with Gasteiger partial charge in [-0.3, -0.25) is 0 Å². The minimum absolute atomic E-state index is 0.225. The molecule has 0 atom stereocenters. The quantitative estimate of drug-likeness (QED) is 0.633. The van der Waals surface area contributed by atoms with E-state index in [9.17, 15) is 0 Å². The molecule has 0 rings (SSSR count). The predicted octanol–water partition coefficient (Wildman–Crippen LogP) is 3.23. The second-order valence-electron chi connectivity index (χ2n) is 3.87. The average Bonchev–Trinajstić information content (AvgIpc) is 1.84. The van der Waals surface area contributed by atoms with E-state index in [2.05, 4.69) is 38.7 Å². The smallest absolute Gasteiger partial charge is 0.0303 e. The summed E-state index contributed by atoms with van der Waals surface area (Å²) in [7, 11) is 0. The minimum atomic E-state index is 0.225. The number of hydrogen-bond acceptors (Lipinski definition) is 1. The zero-order valence-corrected chi connectivity index (χ0v) is 8.52. The van der Waals surface area contributed by atoms with E-state index in [1.807, 2.05) is 25.3 Å². The Morgan fingerprint density at radius 2 is 1.92 bits per heavy atom. The zero-order chi connectivity index (χ0) is 9.61. The molecule has 0 unspecified atom stereocenters. The van der Waals surface area contributed by atoms with E-state index in [0.717, 1.165) is 5.70 Å². The molecule has 0 aromatic rings. The number of allylic oxidation sites excluding steroid dienone is 3. The lowest BCUT2D eigenvalue weighted by atomic mass is 9.97. The van der Waals surface area contributed by atoms with Crippen LogP contribution in [0.4, 0.5) is 0 Å². The summed E-state index contributed by atoms with van der Waals surface area (Å²) in [5, 5.41) is 3.08. The van der Waals surface area contributed by atoms with Crippen molar-refractivity contribution < 1.29 is 0 Å². The Morgan fingerprint density at radius 3 is 2.33 bits per heavy atom. The Bertz CT molecular complexity index is 192. The Balaban J connectivity index is 3.83. The molecule has 0 radical (unpaired) electrons. The lowest BCUT2D eigenvalue weighted by Gasteiger charge is -2.11. The van der Waals surface area contributed by atoms with Crippen LogP contribution in [0, 0.1) is 5.41 Å². The third kappa shape index (κ3) is 7.13. The van der Waals surface area contributed by atoms with E-state index >= 15 is 0 Å². The van der Waals surface area contributed by atoms with Crippen LogP contribution in [0.1, 0.15) is 27.7 Å². The van der Waals surface area contributed by atoms with E-state index in [-0.39, 0.29) is 5.41 Å². The molecule has 12 heavy (non-hydrogen) atoms. The summed E-state index contributed by atoms with van der Waals surface area (Å²) in [6.07, 6.45) is 7.94. The van der Waals surface area contributed by atoms with Crippen LogP contribution in [-0.2, 0) is 0 Å². The molecule has 1 heteroatoms. The van der Waals surface area contributed by atoms with E-state index in [1.165, 1.54) is 0 Å². The normalized spacial score (nSPS) is 12.7. The van der Waals surface area contributed by atoms with Crippen LogP contribution >= 0.6 is 0 Å². The molecule has 0 bridgehead atoms. The van der Waals surface area contributed by atoms with Crippen LogP contribution in [0.3, 0.4) is 0 Å². The monoisotopic (exact) mass is 165 g/mol. The van der Waals surface area contributed by atoms with E-state index in [0.29, 0.717) is 0 Å². The fourth-order valence-corrected chi connectivity index (χ4v) is 0.648. The van der Waals surface area contributed by atoms with Gasteiger partial charge in [0.05, 0.1) is 0 Å². The Labute approximate surface area is 75.9 Å². The molecule has 0 saturated heterocycles. The molecule has 0 spiro atoms. The van der Waals surface area contributed by atoms with Crippen LogP contribution in [0.15, 0.2) is 36.7 Å². The molecular weight excluding hydrogens is 146 g/mol. The molecule has 0 aromatic heterocycles. The number of hydrogen-bond donors (Lipinski definition) is 1. The molecule has 0 aromatic carbocycles. The first-order valence-corrected chi connectivity index (χ1v) is 4.21. The summed E-state index contributed by atoms with van der Waals surface area (Å²) in [6, 6.07) is 0. The van der Waals surface area contributed by atoms with Crippen molar-refractivity contribution in [2.45, 2.75) is 27.7 Å². The van der Waals surface area contributed by atoms with Crippen molar-refractivity contribution in [3.8, 4) is 0 Å². The minimum Gasteiger partial charge on any atom is -0.362 e. The van der Waals surface area contributed by atoms with Crippen molar-refractivity contribution in [1.29, 1.82) is 0 Å². The fourth-order valence-electron chi connectivity index (χ4n) is 0.648. The highest BCUT2D eigenvalue weighted by Gasteiger charge is 2.02. The predicted molar refractivity (Wildman–Crippen MR) is 55.7 cm³/mol. The highest BCUT2D eigenvalue weighted by atomic mass is 14.8. The molecule has 0 aliphatic heterocycles. The molecule has 0 aliphatic rings. The second kappa shape index (κ2) is 4.81. The summed E-state index contributed by atoms with van der Waals surface area (Å²) in [5.41, 5.74) is 1.14. The topological polar surface area (TPSA) is 12.0 Å². The first kappa shape index (κ1) is 11.0. The van der Waals surface area contributed by atoms with E-state index in [4.69, 9.17) is 0 Å². The highest BCUT2D eigenvalue weighted by Crippen LogP contribution is 2.13. The maximum Gasteiger partial charge on any atom is 0.0303 e. The first-order valence-electron chi connectivity index (χ1n) is 4.21. The zero-order valence-electron chi connectivity index (χ0n) is 8.52. The molecule has 0 fully saturated rings. The summed E-state index contributed by atoms with van der Waals surface area (Å²) < 4.78 is 0. The molecular formula is C11H19N. The Hall–Kier alpha value is -0.980. The third-order valence-corrected chi connectivity index (χ3v) is 1.22. The second-order valence-corrected chi connectivity index (χ2v) is 3.87. The summed E-state index contributed by atoms with van der Waals surface area (Å²) in [5.74, 6) is 0. The van der Waals surface area contributed by atoms with Crippen molar-refractivity contribution in [1.82, 2.24) is 5.32 Å². The van der Waals surface area contributed by atoms with Gasteiger partial charge in [0, 0.05) is 5.70 Å². The third-order valence-electron chi connectivity index (χ3n) is 1.22. The maximum absolute atomic E-state index is 3.81. The van der Waals surface area contributed by atoms with Gasteiger partial charge in [0.15, 0.2) is 0 Å². The Morgan fingerprint density at radius 1 is 1.33 bits per heavy atom. The number of rotatable bonds is 3. The lowest BCUT2D eigenvalue weighted by Crippen LogP contribution is -2.05. The van der Waals surface area contributed by atoms with Gasteiger partial charge in [-0.1, -0.05) is 39.5 Å². The Kier molecular flexibility index (Phi) is 4.42. The molecule has 0 amide bonds. The van der Waals surface area contributed by atoms with Gasteiger partial charge >= 0.3 is 0 Å². The van der Waals surface area contributed by atoms with Gasteiger partial charge in [0.2, 0.25) is 0 Å². The van der Waals surface area contributed by atoms with Gasteiger partial charge < -0.3 is 5.32 Å². The molecule has 0 aliphatic carbocycles. The molecule has 0 saturated carbocycles. The van der Waals surface area contributed by atoms with E-state index < -0.39 is 0 Å². The first-order chi connectivity index (χ1) is 5.45. The van der Waals surface area contributed by atoms with Crippen molar-refractivity contribution >= 4 is 0 Å². The summed E-state index contributed by atoms with van der Waals surface area (Å²) >= 11 is 0. The SMILES string of the molecule is C=C(/C=C\C)N/C=C/C(C)(C)C. The summed E-state index contributed by atoms with van der Waals surface area (Å²) in [4.78, 5) is 0. The largest absolute Gasteiger partial charge is 0.362 e.